The van der Waals surface area contributed by atoms with Gasteiger partial charge in [-0.05, 0) is 54.6 Å². The fourth-order valence-corrected chi connectivity index (χ4v) is 4.20. The van der Waals surface area contributed by atoms with Crippen LogP contribution in [0.3, 0.4) is 0 Å². The van der Waals surface area contributed by atoms with Crippen molar-refractivity contribution in [3.8, 4) is 17.2 Å². The van der Waals surface area contributed by atoms with Gasteiger partial charge in [-0.2, -0.15) is 0 Å². The second kappa shape index (κ2) is 11.3. The Morgan fingerprint density at radius 3 is 2.56 bits per heavy atom. The number of nitrogens with zero attached hydrogens (tertiary/aromatic N) is 1. The fourth-order valence-electron chi connectivity index (χ4n) is 2.87. The van der Waals surface area contributed by atoms with Crippen LogP contribution in [0.4, 0.5) is 4.79 Å². The molecular formula is C23H21Cl2NO5S. The highest BCUT2D eigenvalue weighted by atomic mass is 35.5. The minimum atomic E-state index is -0.399. The van der Waals surface area contributed by atoms with E-state index >= 15 is 0 Å². The normalized spacial score (nSPS) is 14.7. The number of halogens is 2. The van der Waals surface area contributed by atoms with E-state index < -0.39 is 5.91 Å². The van der Waals surface area contributed by atoms with Crippen molar-refractivity contribution in [2.24, 2.45) is 0 Å². The number of hydrogen-bond acceptors (Lipinski definition) is 6. The quantitative estimate of drug-likeness (QED) is 0.295. The third kappa shape index (κ3) is 5.79. The molecule has 2 aromatic carbocycles. The number of rotatable bonds is 10. The third-order valence-electron chi connectivity index (χ3n) is 4.26. The van der Waals surface area contributed by atoms with Gasteiger partial charge in [0.2, 0.25) is 0 Å². The second-order valence-corrected chi connectivity index (χ2v) is 8.28. The van der Waals surface area contributed by atoms with Crippen LogP contribution in [0.25, 0.3) is 6.08 Å². The summed E-state index contributed by atoms with van der Waals surface area (Å²) in [5, 5.41) is 0.423. The second-order valence-electron chi connectivity index (χ2n) is 6.47. The molecule has 2 aromatic rings. The molecule has 0 saturated carbocycles. The topological polar surface area (TPSA) is 65.1 Å². The van der Waals surface area contributed by atoms with E-state index in [1.165, 1.54) is 0 Å². The Labute approximate surface area is 200 Å². The molecule has 1 aliphatic rings. The van der Waals surface area contributed by atoms with Gasteiger partial charge in [0, 0.05) is 0 Å². The Morgan fingerprint density at radius 1 is 1.06 bits per heavy atom. The molecule has 3 rings (SSSR count). The lowest BCUT2D eigenvalue weighted by Gasteiger charge is -2.14. The van der Waals surface area contributed by atoms with E-state index in [2.05, 4.69) is 6.58 Å². The Kier molecular flexibility index (Phi) is 8.50. The van der Waals surface area contributed by atoms with Crippen LogP contribution in [0.5, 0.6) is 17.2 Å². The number of carbonyl (C=O) groups is 2. The Hall–Kier alpha value is -2.61. The van der Waals surface area contributed by atoms with Gasteiger partial charge in [-0.25, -0.2) is 0 Å². The molecule has 0 aromatic heterocycles. The van der Waals surface area contributed by atoms with Crippen LogP contribution in [0.2, 0.25) is 10.0 Å². The van der Waals surface area contributed by atoms with Crippen molar-refractivity contribution in [1.29, 1.82) is 0 Å². The molecule has 0 N–H and O–H groups in total. The van der Waals surface area contributed by atoms with E-state index in [9.17, 15) is 9.59 Å². The Balaban J connectivity index is 1.73. The maximum atomic E-state index is 12.8. The number of para-hydroxylation sites is 1. The van der Waals surface area contributed by atoms with E-state index in [0.717, 1.165) is 16.7 Å². The van der Waals surface area contributed by atoms with E-state index in [-0.39, 0.29) is 29.9 Å². The minimum Gasteiger partial charge on any atom is -0.490 e. The molecule has 0 spiro atoms. The number of ether oxygens (including phenoxy) is 3. The van der Waals surface area contributed by atoms with Gasteiger partial charge in [-0.15, -0.1) is 0 Å². The molecular weight excluding hydrogens is 473 g/mol. The molecule has 1 heterocycles. The summed E-state index contributed by atoms with van der Waals surface area (Å²) in [5.41, 5.74) is 0.613. The molecule has 32 heavy (non-hydrogen) atoms. The Bertz CT molecular complexity index is 1060. The van der Waals surface area contributed by atoms with Gasteiger partial charge in [0.15, 0.2) is 11.5 Å². The van der Waals surface area contributed by atoms with Crippen molar-refractivity contribution in [3.05, 3.63) is 69.6 Å². The first-order valence-corrected chi connectivity index (χ1v) is 11.3. The lowest BCUT2D eigenvalue weighted by Crippen LogP contribution is -2.32. The molecule has 6 nitrogen and oxygen atoms in total. The SMILES string of the molecule is C=CCOc1c(Cl)cc(/C=C2\SC(=O)N(CCOc3ccccc3Cl)C2=O)cc1OCC. The summed E-state index contributed by atoms with van der Waals surface area (Å²) in [5.74, 6) is 0.938. The molecule has 9 heteroatoms. The predicted octanol–water partition coefficient (Wildman–Crippen LogP) is 6.07. The van der Waals surface area contributed by atoms with Crippen molar-refractivity contribution in [2.75, 3.05) is 26.4 Å². The van der Waals surface area contributed by atoms with Crippen LogP contribution >= 0.6 is 35.0 Å². The highest BCUT2D eigenvalue weighted by Gasteiger charge is 2.35. The molecule has 0 radical (unpaired) electrons. The number of imide groups is 1. The zero-order valence-electron chi connectivity index (χ0n) is 17.3. The van der Waals surface area contributed by atoms with Crippen molar-refractivity contribution in [1.82, 2.24) is 4.90 Å². The first kappa shape index (κ1) is 24.0. The lowest BCUT2D eigenvalue weighted by atomic mass is 10.1. The summed E-state index contributed by atoms with van der Waals surface area (Å²) in [6, 6.07) is 10.4. The van der Waals surface area contributed by atoms with Gasteiger partial charge < -0.3 is 14.2 Å². The molecule has 0 atom stereocenters. The maximum absolute atomic E-state index is 12.8. The van der Waals surface area contributed by atoms with E-state index in [4.69, 9.17) is 37.4 Å². The summed E-state index contributed by atoms with van der Waals surface area (Å²) in [6.45, 7) is 6.38. The average molecular weight is 494 g/mol. The molecule has 2 amide bonds. The Morgan fingerprint density at radius 2 is 1.84 bits per heavy atom. The number of hydrogen-bond donors (Lipinski definition) is 0. The third-order valence-corrected chi connectivity index (χ3v) is 5.76. The van der Waals surface area contributed by atoms with E-state index in [0.29, 0.717) is 39.5 Å². The maximum Gasteiger partial charge on any atom is 0.293 e. The largest absolute Gasteiger partial charge is 0.490 e. The van der Waals surface area contributed by atoms with Crippen molar-refractivity contribution >= 4 is 52.2 Å². The van der Waals surface area contributed by atoms with Gasteiger partial charge >= 0.3 is 0 Å². The van der Waals surface area contributed by atoms with Gasteiger partial charge in [0.05, 0.1) is 28.1 Å². The van der Waals surface area contributed by atoms with Crippen molar-refractivity contribution < 1.29 is 23.8 Å². The van der Waals surface area contributed by atoms with Crippen molar-refractivity contribution in [3.63, 3.8) is 0 Å². The summed E-state index contributed by atoms with van der Waals surface area (Å²) in [7, 11) is 0. The molecule has 1 saturated heterocycles. The number of benzene rings is 2. The molecule has 0 aliphatic carbocycles. The molecule has 1 fully saturated rings. The highest BCUT2D eigenvalue weighted by Crippen LogP contribution is 2.39. The lowest BCUT2D eigenvalue weighted by molar-refractivity contribution is -0.123. The highest BCUT2D eigenvalue weighted by molar-refractivity contribution is 8.18. The van der Waals surface area contributed by atoms with Crippen molar-refractivity contribution in [2.45, 2.75) is 6.92 Å². The van der Waals surface area contributed by atoms with Crippen LogP contribution in [0.15, 0.2) is 54.0 Å². The molecule has 0 bridgehead atoms. The summed E-state index contributed by atoms with van der Waals surface area (Å²) >= 11 is 13.3. The van der Waals surface area contributed by atoms with E-state index in [1.54, 1.807) is 48.6 Å². The molecule has 0 unspecified atom stereocenters. The van der Waals surface area contributed by atoms with Gasteiger partial charge in [-0.1, -0.05) is 48.0 Å². The molecule has 1 aliphatic heterocycles. The van der Waals surface area contributed by atoms with Crippen LogP contribution in [-0.4, -0.2) is 42.4 Å². The average Bonchev–Trinajstić information content (AvgIpc) is 3.02. The van der Waals surface area contributed by atoms with Crippen LogP contribution in [0.1, 0.15) is 12.5 Å². The number of carbonyl (C=O) groups excluding carboxylic acids is 2. The zero-order valence-corrected chi connectivity index (χ0v) is 19.6. The van der Waals surface area contributed by atoms with E-state index in [1.807, 2.05) is 6.92 Å². The zero-order chi connectivity index (χ0) is 23.1. The number of thioether (sulfide) groups is 1. The van der Waals surface area contributed by atoms with Gasteiger partial charge in [0.25, 0.3) is 11.1 Å². The van der Waals surface area contributed by atoms with Crippen LogP contribution in [0, 0.1) is 0 Å². The van der Waals surface area contributed by atoms with Crippen LogP contribution in [-0.2, 0) is 4.79 Å². The first-order chi connectivity index (χ1) is 15.4. The standard InChI is InChI=1S/C23H21Cl2NO5S/c1-3-10-31-21-17(25)12-15(13-19(21)29-4-2)14-20-22(27)26(23(28)32-20)9-11-30-18-8-6-5-7-16(18)24/h3,5-8,12-14H,1,4,9-11H2,2H3/b20-14-. The minimum absolute atomic E-state index is 0.104. The molecule has 168 valence electrons. The first-order valence-electron chi connectivity index (χ1n) is 9.77. The summed E-state index contributed by atoms with van der Waals surface area (Å²) < 4.78 is 16.8. The number of amides is 2. The monoisotopic (exact) mass is 493 g/mol. The van der Waals surface area contributed by atoms with Gasteiger partial charge in [-0.3, -0.25) is 14.5 Å². The summed E-state index contributed by atoms with van der Waals surface area (Å²) in [6.07, 6.45) is 3.21. The fraction of sp³-hybridized carbons (Fsp3) is 0.217. The van der Waals surface area contributed by atoms with Gasteiger partial charge in [0.1, 0.15) is 19.0 Å². The summed E-state index contributed by atoms with van der Waals surface area (Å²) in [4.78, 5) is 26.6. The van der Waals surface area contributed by atoms with Crippen LogP contribution < -0.4 is 14.2 Å². The predicted molar refractivity (Wildman–Crippen MR) is 128 cm³/mol. The smallest absolute Gasteiger partial charge is 0.293 e.